The molecule has 6 nitrogen and oxygen atoms in total. The summed E-state index contributed by atoms with van der Waals surface area (Å²) in [5, 5.41) is 10.8. The van der Waals surface area contributed by atoms with Gasteiger partial charge in [-0.15, -0.1) is 0 Å². The average molecular weight is 292 g/mol. The maximum Gasteiger partial charge on any atom is 0.291 e. The fourth-order valence-electron chi connectivity index (χ4n) is 1.24. The van der Waals surface area contributed by atoms with Gasteiger partial charge in [0.1, 0.15) is 4.47 Å². The van der Waals surface area contributed by atoms with Crippen molar-refractivity contribution in [2.45, 2.75) is 0 Å². The van der Waals surface area contributed by atoms with Crippen molar-refractivity contribution in [2.24, 2.45) is 0 Å². The Bertz CT molecular complexity index is 421. The van der Waals surface area contributed by atoms with Crippen molar-refractivity contribution < 1.29 is 19.1 Å². The van der Waals surface area contributed by atoms with Crippen molar-refractivity contribution in [3.63, 3.8) is 0 Å². The predicted octanol–water partition coefficient (Wildman–Crippen LogP) is 2.38. The van der Waals surface area contributed by atoms with E-state index in [1.807, 2.05) is 0 Å². The molecule has 7 heteroatoms. The summed E-state index contributed by atoms with van der Waals surface area (Å²) in [4.78, 5) is 10.2. The lowest BCUT2D eigenvalue weighted by Gasteiger charge is -2.13. The van der Waals surface area contributed by atoms with Gasteiger partial charge in [-0.05, 0) is 15.9 Å². The molecule has 0 aromatic heterocycles. The average Bonchev–Trinajstić information content (AvgIpc) is 2.27. The molecule has 0 radical (unpaired) electrons. The zero-order valence-electron chi connectivity index (χ0n) is 8.94. The number of benzene rings is 1. The monoisotopic (exact) mass is 291 g/mol. The number of ether oxygens (including phenoxy) is 3. The van der Waals surface area contributed by atoms with E-state index in [1.165, 1.54) is 27.4 Å². The van der Waals surface area contributed by atoms with Gasteiger partial charge in [0.25, 0.3) is 5.69 Å². The van der Waals surface area contributed by atoms with Crippen LogP contribution in [0.3, 0.4) is 0 Å². The minimum atomic E-state index is -0.533. The quantitative estimate of drug-likeness (QED) is 0.629. The summed E-state index contributed by atoms with van der Waals surface area (Å²) in [6.07, 6.45) is 0. The SMILES string of the molecule is COc1cc([N+](=O)[O-])c(Br)c(OC)c1OC. The molecule has 0 aliphatic rings. The second-order valence-electron chi connectivity index (χ2n) is 2.74. The minimum absolute atomic E-state index is 0.144. The van der Waals surface area contributed by atoms with Crippen molar-refractivity contribution in [1.29, 1.82) is 0 Å². The second-order valence-corrected chi connectivity index (χ2v) is 3.53. The molecule has 0 spiro atoms. The van der Waals surface area contributed by atoms with Gasteiger partial charge in [0.2, 0.25) is 5.75 Å². The first-order valence-electron chi connectivity index (χ1n) is 4.19. The third kappa shape index (κ3) is 2.04. The van der Waals surface area contributed by atoms with Crippen LogP contribution >= 0.6 is 15.9 Å². The van der Waals surface area contributed by atoms with Gasteiger partial charge < -0.3 is 14.2 Å². The number of nitro groups is 1. The Balaban J connectivity index is 3.54. The topological polar surface area (TPSA) is 70.8 Å². The van der Waals surface area contributed by atoms with Crippen LogP contribution in [0, 0.1) is 10.1 Å². The van der Waals surface area contributed by atoms with E-state index >= 15 is 0 Å². The lowest BCUT2D eigenvalue weighted by Crippen LogP contribution is -1.99. The van der Waals surface area contributed by atoms with Crippen LogP contribution in [0.25, 0.3) is 0 Å². The Hall–Kier alpha value is -1.50. The highest BCUT2D eigenvalue weighted by atomic mass is 79.9. The van der Waals surface area contributed by atoms with Crippen LogP contribution in [0.15, 0.2) is 10.5 Å². The van der Waals surface area contributed by atoms with Crippen LogP contribution < -0.4 is 14.2 Å². The Morgan fingerprint density at radius 2 is 1.75 bits per heavy atom. The van der Waals surface area contributed by atoms with Crippen LogP contribution in [0.2, 0.25) is 0 Å². The molecule has 16 heavy (non-hydrogen) atoms. The fraction of sp³-hybridized carbons (Fsp3) is 0.333. The van der Waals surface area contributed by atoms with Crippen molar-refractivity contribution in [3.8, 4) is 17.2 Å². The summed E-state index contributed by atoms with van der Waals surface area (Å²) < 4.78 is 15.3. The van der Waals surface area contributed by atoms with E-state index in [9.17, 15) is 10.1 Å². The molecule has 88 valence electrons. The second kappa shape index (κ2) is 5.02. The lowest BCUT2D eigenvalue weighted by atomic mass is 10.2. The third-order valence-electron chi connectivity index (χ3n) is 1.95. The van der Waals surface area contributed by atoms with E-state index < -0.39 is 4.92 Å². The maximum atomic E-state index is 10.8. The molecule has 1 aromatic carbocycles. The van der Waals surface area contributed by atoms with Crippen LogP contribution in [0.4, 0.5) is 5.69 Å². The molecular weight excluding hydrogens is 282 g/mol. The zero-order valence-corrected chi connectivity index (χ0v) is 10.5. The van der Waals surface area contributed by atoms with E-state index in [0.29, 0.717) is 5.75 Å². The van der Waals surface area contributed by atoms with E-state index in [-0.39, 0.29) is 21.7 Å². The molecule has 0 aliphatic carbocycles. The van der Waals surface area contributed by atoms with Gasteiger partial charge in [-0.2, -0.15) is 0 Å². The molecule has 0 amide bonds. The minimum Gasteiger partial charge on any atom is -0.492 e. The third-order valence-corrected chi connectivity index (χ3v) is 2.71. The van der Waals surface area contributed by atoms with Gasteiger partial charge in [0.05, 0.1) is 32.3 Å². The van der Waals surface area contributed by atoms with E-state index in [4.69, 9.17) is 14.2 Å². The summed E-state index contributed by atoms with van der Waals surface area (Å²) in [5.41, 5.74) is -0.144. The number of rotatable bonds is 4. The summed E-state index contributed by atoms with van der Waals surface area (Å²) in [5.74, 6) is 0.783. The molecule has 0 heterocycles. The number of methoxy groups -OCH3 is 3. The standard InChI is InChI=1S/C9H10BrNO5/c1-14-6-4-5(11(12)13)7(10)9(16-3)8(6)15-2/h4H,1-3H3. The Kier molecular flexibility index (Phi) is 3.94. The van der Waals surface area contributed by atoms with Crippen LogP contribution in [-0.2, 0) is 0 Å². The molecule has 0 fully saturated rings. The van der Waals surface area contributed by atoms with Gasteiger partial charge in [0.15, 0.2) is 11.5 Å². The predicted molar refractivity (Wildman–Crippen MR) is 60.5 cm³/mol. The van der Waals surface area contributed by atoms with Gasteiger partial charge in [-0.3, -0.25) is 10.1 Å². The highest BCUT2D eigenvalue weighted by molar-refractivity contribution is 9.10. The van der Waals surface area contributed by atoms with E-state index in [1.54, 1.807) is 0 Å². The van der Waals surface area contributed by atoms with Crippen LogP contribution in [0.1, 0.15) is 0 Å². The van der Waals surface area contributed by atoms with E-state index in [2.05, 4.69) is 15.9 Å². The molecule has 0 saturated heterocycles. The molecule has 0 unspecified atom stereocenters. The number of nitrogens with zero attached hydrogens (tertiary/aromatic N) is 1. The smallest absolute Gasteiger partial charge is 0.291 e. The fourth-order valence-corrected chi connectivity index (χ4v) is 1.84. The summed E-state index contributed by atoms with van der Waals surface area (Å²) >= 11 is 3.09. The van der Waals surface area contributed by atoms with Crippen LogP contribution in [-0.4, -0.2) is 26.3 Å². The normalized spacial score (nSPS) is 9.75. The van der Waals surface area contributed by atoms with Crippen molar-refractivity contribution in [1.82, 2.24) is 0 Å². The zero-order chi connectivity index (χ0) is 12.3. The molecule has 0 saturated carbocycles. The van der Waals surface area contributed by atoms with Gasteiger partial charge in [-0.25, -0.2) is 0 Å². The Labute approximate surface area is 100 Å². The molecule has 0 N–H and O–H groups in total. The first kappa shape index (κ1) is 12.6. The molecule has 0 atom stereocenters. The summed E-state index contributed by atoms with van der Waals surface area (Å²) in [6.45, 7) is 0. The van der Waals surface area contributed by atoms with E-state index in [0.717, 1.165) is 0 Å². The molecular formula is C9H10BrNO5. The van der Waals surface area contributed by atoms with Crippen molar-refractivity contribution in [3.05, 3.63) is 20.7 Å². The summed E-state index contributed by atoms with van der Waals surface area (Å²) in [7, 11) is 4.22. The van der Waals surface area contributed by atoms with Gasteiger partial charge in [-0.1, -0.05) is 0 Å². The maximum absolute atomic E-state index is 10.8. The first-order valence-corrected chi connectivity index (χ1v) is 4.99. The molecule has 1 rings (SSSR count). The highest BCUT2D eigenvalue weighted by Gasteiger charge is 2.25. The van der Waals surface area contributed by atoms with Gasteiger partial charge >= 0.3 is 0 Å². The number of hydrogen-bond donors (Lipinski definition) is 0. The molecule has 0 aliphatic heterocycles. The Morgan fingerprint density at radius 1 is 1.19 bits per heavy atom. The number of nitro benzene ring substituents is 1. The summed E-state index contributed by atoms with van der Waals surface area (Å²) in [6, 6.07) is 1.27. The largest absolute Gasteiger partial charge is 0.492 e. The first-order chi connectivity index (χ1) is 7.56. The van der Waals surface area contributed by atoms with Crippen molar-refractivity contribution in [2.75, 3.05) is 21.3 Å². The lowest BCUT2D eigenvalue weighted by molar-refractivity contribution is -0.385. The highest BCUT2D eigenvalue weighted by Crippen LogP contribution is 2.47. The molecule has 1 aromatic rings. The number of hydrogen-bond acceptors (Lipinski definition) is 5. The Morgan fingerprint density at radius 3 is 2.12 bits per heavy atom. The van der Waals surface area contributed by atoms with Crippen molar-refractivity contribution >= 4 is 21.6 Å². The van der Waals surface area contributed by atoms with Gasteiger partial charge in [0, 0.05) is 0 Å². The molecule has 0 bridgehead atoms. The van der Waals surface area contributed by atoms with Crippen LogP contribution in [0.5, 0.6) is 17.2 Å². The number of halogens is 1.